The van der Waals surface area contributed by atoms with Crippen molar-refractivity contribution in [2.75, 3.05) is 20.2 Å². The number of nitrogens with zero attached hydrogens (tertiary/aromatic N) is 1. The Balaban J connectivity index is 1.50. The average molecular weight is 370 g/mol. The summed E-state index contributed by atoms with van der Waals surface area (Å²) in [5.41, 5.74) is 1.86. The Hall–Kier alpha value is -2.89. The van der Waals surface area contributed by atoms with Crippen molar-refractivity contribution < 1.29 is 18.7 Å². The van der Waals surface area contributed by atoms with Crippen LogP contribution in [0.3, 0.4) is 0 Å². The van der Waals surface area contributed by atoms with Crippen molar-refractivity contribution in [1.29, 1.82) is 0 Å². The van der Waals surface area contributed by atoms with Crippen molar-refractivity contribution in [2.24, 2.45) is 5.92 Å². The van der Waals surface area contributed by atoms with Gasteiger partial charge < -0.3 is 15.0 Å². The summed E-state index contributed by atoms with van der Waals surface area (Å²) in [6.07, 6.45) is 0.864. The Morgan fingerprint density at radius 1 is 1.22 bits per heavy atom. The topological polar surface area (TPSA) is 58.6 Å². The van der Waals surface area contributed by atoms with Gasteiger partial charge in [0, 0.05) is 31.6 Å². The lowest BCUT2D eigenvalue weighted by atomic mass is 10.1. The molecule has 0 spiro atoms. The van der Waals surface area contributed by atoms with E-state index in [-0.39, 0.29) is 30.0 Å². The van der Waals surface area contributed by atoms with Crippen LogP contribution in [-0.2, 0) is 22.6 Å². The average Bonchev–Trinajstić information content (AvgIpc) is 3.06. The number of ether oxygens (including phenoxy) is 1. The van der Waals surface area contributed by atoms with Gasteiger partial charge in [-0.1, -0.05) is 30.3 Å². The normalized spacial score (nSPS) is 16.4. The standard InChI is InChI=1S/C21H23FN2O3/c1-27-19-5-3-2-4-16(19)13-23-21(26)17-12-20(25)24(14-17)11-10-15-6-8-18(22)9-7-15/h2-9,17H,10-14H2,1H3,(H,23,26)/t17-/m1/s1. The van der Waals surface area contributed by atoms with Crippen molar-refractivity contribution in [3.8, 4) is 5.75 Å². The van der Waals surface area contributed by atoms with Gasteiger partial charge in [0.25, 0.3) is 0 Å². The number of hydrogen-bond donors (Lipinski definition) is 1. The van der Waals surface area contributed by atoms with E-state index in [4.69, 9.17) is 4.74 Å². The van der Waals surface area contributed by atoms with Crippen LogP contribution in [0.4, 0.5) is 4.39 Å². The van der Waals surface area contributed by atoms with Gasteiger partial charge in [-0.15, -0.1) is 0 Å². The Kier molecular flexibility index (Phi) is 6.06. The summed E-state index contributed by atoms with van der Waals surface area (Å²) in [5.74, 6) is -0.0440. The molecule has 2 aromatic rings. The molecular formula is C21H23FN2O3. The van der Waals surface area contributed by atoms with Crippen LogP contribution in [0.5, 0.6) is 5.75 Å². The molecule has 0 aromatic heterocycles. The van der Waals surface area contributed by atoms with E-state index in [9.17, 15) is 14.0 Å². The van der Waals surface area contributed by atoms with Gasteiger partial charge in [0.1, 0.15) is 11.6 Å². The minimum absolute atomic E-state index is 0.0189. The summed E-state index contributed by atoms with van der Waals surface area (Å²) >= 11 is 0. The maximum atomic E-state index is 13.0. The second-order valence-electron chi connectivity index (χ2n) is 6.65. The molecular weight excluding hydrogens is 347 g/mol. The Labute approximate surface area is 158 Å². The minimum atomic E-state index is -0.347. The van der Waals surface area contributed by atoms with Gasteiger partial charge in [-0.3, -0.25) is 9.59 Å². The number of halogens is 1. The summed E-state index contributed by atoms with van der Waals surface area (Å²) in [6, 6.07) is 13.8. The third kappa shape index (κ3) is 4.84. The highest BCUT2D eigenvalue weighted by molar-refractivity contribution is 5.89. The first-order chi connectivity index (χ1) is 13.1. The molecule has 1 aliphatic rings. The predicted octanol–water partition coefficient (Wildman–Crippen LogP) is 2.54. The number of likely N-dealkylation sites (tertiary alicyclic amines) is 1. The van der Waals surface area contributed by atoms with Gasteiger partial charge in [0.15, 0.2) is 0 Å². The summed E-state index contributed by atoms with van der Waals surface area (Å²) in [7, 11) is 1.59. The SMILES string of the molecule is COc1ccccc1CNC(=O)[C@@H]1CC(=O)N(CCc2ccc(F)cc2)C1. The number of carbonyl (C=O) groups excluding carboxylic acids is 2. The van der Waals surface area contributed by atoms with Gasteiger partial charge in [-0.25, -0.2) is 4.39 Å². The van der Waals surface area contributed by atoms with Gasteiger partial charge in [-0.05, 0) is 30.2 Å². The molecule has 142 valence electrons. The maximum Gasteiger partial charge on any atom is 0.225 e. The van der Waals surface area contributed by atoms with Crippen molar-refractivity contribution in [3.05, 3.63) is 65.5 Å². The van der Waals surface area contributed by atoms with E-state index in [2.05, 4.69) is 5.32 Å². The van der Waals surface area contributed by atoms with Crippen LogP contribution in [-0.4, -0.2) is 36.9 Å². The molecule has 1 N–H and O–H groups in total. The van der Waals surface area contributed by atoms with Gasteiger partial charge in [-0.2, -0.15) is 0 Å². The maximum absolute atomic E-state index is 13.0. The van der Waals surface area contributed by atoms with Crippen LogP contribution in [0.25, 0.3) is 0 Å². The van der Waals surface area contributed by atoms with Gasteiger partial charge in [0.2, 0.25) is 11.8 Å². The van der Waals surface area contributed by atoms with Crippen LogP contribution < -0.4 is 10.1 Å². The van der Waals surface area contributed by atoms with Crippen molar-refractivity contribution >= 4 is 11.8 Å². The molecule has 0 unspecified atom stereocenters. The molecule has 27 heavy (non-hydrogen) atoms. The van der Waals surface area contributed by atoms with Crippen LogP contribution in [0.1, 0.15) is 17.5 Å². The highest BCUT2D eigenvalue weighted by Crippen LogP contribution is 2.20. The van der Waals surface area contributed by atoms with Crippen molar-refractivity contribution in [1.82, 2.24) is 10.2 Å². The largest absolute Gasteiger partial charge is 0.496 e. The zero-order chi connectivity index (χ0) is 19.2. The first-order valence-corrected chi connectivity index (χ1v) is 8.98. The van der Waals surface area contributed by atoms with Gasteiger partial charge in [0.05, 0.1) is 13.0 Å². The zero-order valence-corrected chi connectivity index (χ0v) is 15.3. The van der Waals surface area contributed by atoms with E-state index in [1.165, 1.54) is 12.1 Å². The number of para-hydroxylation sites is 1. The number of hydrogen-bond acceptors (Lipinski definition) is 3. The number of nitrogens with one attached hydrogen (secondary N) is 1. The molecule has 1 heterocycles. The van der Waals surface area contributed by atoms with E-state index in [0.717, 1.165) is 16.9 Å². The lowest BCUT2D eigenvalue weighted by Gasteiger charge is -2.17. The number of rotatable bonds is 7. The fraction of sp³-hybridized carbons (Fsp3) is 0.333. The Morgan fingerprint density at radius 2 is 1.96 bits per heavy atom. The molecule has 6 heteroatoms. The van der Waals surface area contributed by atoms with Crippen LogP contribution in [0.2, 0.25) is 0 Å². The molecule has 0 aliphatic carbocycles. The van der Waals surface area contributed by atoms with Crippen LogP contribution in [0, 0.1) is 11.7 Å². The summed E-state index contributed by atoms with van der Waals surface area (Å²) in [5, 5.41) is 2.90. The van der Waals surface area contributed by atoms with E-state index in [1.807, 2.05) is 24.3 Å². The lowest BCUT2D eigenvalue weighted by molar-refractivity contribution is -0.129. The molecule has 3 rings (SSSR count). The number of carbonyl (C=O) groups is 2. The summed E-state index contributed by atoms with van der Waals surface area (Å²) in [4.78, 5) is 26.4. The number of methoxy groups -OCH3 is 1. The molecule has 2 aromatic carbocycles. The first-order valence-electron chi connectivity index (χ1n) is 8.98. The highest BCUT2D eigenvalue weighted by Gasteiger charge is 2.33. The predicted molar refractivity (Wildman–Crippen MR) is 99.6 cm³/mol. The third-order valence-electron chi connectivity index (χ3n) is 4.81. The fourth-order valence-electron chi connectivity index (χ4n) is 3.25. The van der Waals surface area contributed by atoms with Crippen molar-refractivity contribution in [2.45, 2.75) is 19.4 Å². The molecule has 0 saturated carbocycles. The first kappa shape index (κ1) is 18.9. The molecule has 5 nitrogen and oxygen atoms in total. The third-order valence-corrected chi connectivity index (χ3v) is 4.81. The summed E-state index contributed by atoms with van der Waals surface area (Å²) in [6.45, 7) is 1.31. The second kappa shape index (κ2) is 8.66. The van der Waals surface area contributed by atoms with E-state index in [0.29, 0.717) is 26.1 Å². The van der Waals surface area contributed by atoms with E-state index < -0.39 is 0 Å². The monoisotopic (exact) mass is 370 g/mol. The molecule has 1 saturated heterocycles. The lowest BCUT2D eigenvalue weighted by Crippen LogP contribution is -2.33. The second-order valence-corrected chi connectivity index (χ2v) is 6.65. The molecule has 1 aliphatic heterocycles. The Morgan fingerprint density at radius 3 is 2.70 bits per heavy atom. The van der Waals surface area contributed by atoms with Crippen LogP contribution in [0.15, 0.2) is 48.5 Å². The van der Waals surface area contributed by atoms with Gasteiger partial charge >= 0.3 is 0 Å². The molecule has 1 fully saturated rings. The summed E-state index contributed by atoms with van der Waals surface area (Å²) < 4.78 is 18.2. The van der Waals surface area contributed by atoms with Crippen molar-refractivity contribution in [3.63, 3.8) is 0 Å². The smallest absolute Gasteiger partial charge is 0.225 e. The number of benzene rings is 2. The molecule has 2 amide bonds. The van der Waals surface area contributed by atoms with E-state index in [1.54, 1.807) is 24.1 Å². The zero-order valence-electron chi connectivity index (χ0n) is 15.3. The Bertz CT molecular complexity index is 807. The van der Waals surface area contributed by atoms with Crippen LogP contribution >= 0.6 is 0 Å². The fourth-order valence-corrected chi connectivity index (χ4v) is 3.25. The number of amides is 2. The quantitative estimate of drug-likeness (QED) is 0.815. The van der Waals surface area contributed by atoms with E-state index >= 15 is 0 Å². The highest BCUT2D eigenvalue weighted by atomic mass is 19.1. The molecule has 0 radical (unpaired) electrons. The molecule has 1 atom stereocenters. The minimum Gasteiger partial charge on any atom is -0.496 e. The molecule has 0 bridgehead atoms.